The third-order valence-electron chi connectivity index (χ3n) is 4.32. The van der Waals surface area contributed by atoms with Crippen molar-refractivity contribution >= 4 is 5.91 Å². The summed E-state index contributed by atoms with van der Waals surface area (Å²) in [6.07, 6.45) is 3.23. The number of carbonyl (C=O) groups excluding carboxylic acids is 1. The molecule has 0 bridgehead atoms. The zero-order valence-corrected chi connectivity index (χ0v) is 13.4. The second-order valence-corrected chi connectivity index (χ2v) is 6.59. The Morgan fingerprint density at radius 2 is 1.89 bits per heavy atom. The Bertz CT molecular complexity index is 268. The van der Waals surface area contributed by atoms with E-state index in [1.165, 1.54) is 0 Å². The van der Waals surface area contributed by atoms with Crippen LogP contribution >= 0.6 is 0 Å². The molecule has 1 N–H and O–H groups in total. The summed E-state index contributed by atoms with van der Waals surface area (Å²) in [4.78, 5) is 14.6. The summed E-state index contributed by atoms with van der Waals surface area (Å²) < 4.78 is 0. The van der Waals surface area contributed by atoms with E-state index in [0.717, 1.165) is 38.9 Å². The molecule has 1 heterocycles. The highest BCUT2D eigenvalue weighted by molar-refractivity contribution is 5.82. The first kappa shape index (κ1) is 16.5. The van der Waals surface area contributed by atoms with Crippen molar-refractivity contribution in [2.24, 2.45) is 17.8 Å². The third-order valence-corrected chi connectivity index (χ3v) is 4.32. The number of rotatable bonds is 7. The van der Waals surface area contributed by atoms with E-state index in [-0.39, 0.29) is 6.04 Å². The fourth-order valence-electron chi connectivity index (χ4n) is 3.08. The van der Waals surface area contributed by atoms with Gasteiger partial charge in [-0.05, 0) is 43.6 Å². The Labute approximate surface area is 119 Å². The summed E-state index contributed by atoms with van der Waals surface area (Å²) in [6.45, 7) is 14.0. The van der Waals surface area contributed by atoms with Crippen LogP contribution in [0.1, 0.15) is 53.9 Å². The highest BCUT2D eigenvalue weighted by atomic mass is 16.2. The molecule has 0 aromatic rings. The van der Waals surface area contributed by atoms with E-state index in [1.807, 2.05) is 0 Å². The molecule has 0 radical (unpaired) electrons. The fourth-order valence-corrected chi connectivity index (χ4v) is 3.08. The van der Waals surface area contributed by atoms with Crippen molar-refractivity contribution in [1.82, 2.24) is 10.2 Å². The van der Waals surface area contributed by atoms with Crippen molar-refractivity contribution in [2.45, 2.75) is 59.9 Å². The van der Waals surface area contributed by atoms with Crippen molar-refractivity contribution < 1.29 is 4.79 Å². The van der Waals surface area contributed by atoms with Crippen molar-refractivity contribution in [3.8, 4) is 0 Å². The number of hydrogen-bond acceptors (Lipinski definition) is 2. The van der Waals surface area contributed by atoms with Gasteiger partial charge in [-0.2, -0.15) is 0 Å². The molecule has 0 aromatic carbocycles. The number of carbonyl (C=O) groups is 1. The molecule has 112 valence electrons. The standard InChI is InChI=1S/C16H32N2O/c1-6-9-17-15-8-7-10-18(16(15)19)11-14(12(2)3)13(4)5/h12-15,17H,6-11H2,1-5H3. The zero-order valence-electron chi connectivity index (χ0n) is 13.4. The number of amides is 1. The summed E-state index contributed by atoms with van der Waals surface area (Å²) in [6, 6.07) is 0.0636. The van der Waals surface area contributed by atoms with Crippen LogP contribution in [0.4, 0.5) is 0 Å². The van der Waals surface area contributed by atoms with Gasteiger partial charge < -0.3 is 10.2 Å². The normalized spacial score (nSPS) is 20.9. The number of likely N-dealkylation sites (tertiary alicyclic amines) is 1. The molecule has 1 fully saturated rings. The average Bonchev–Trinajstić information content (AvgIpc) is 2.35. The number of nitrogens with zero attached hydrogens (tertiary/aromatic N) is 1. The van der Waals surface area contributed by atoms with Gasteiger partial charge in [-0.15, -0.1) is 0 Å². The Morgan fingerprint density at radius 1 is 1.26 bits per heavy atom. The van der Waals surface area contributed by atoms with Crippen LogP contribution in [-0.2, 0) is 4.79 Å². The molecule has 19 heavy (non-hydrogen) atoms. The molecule has 1 aliphatic rings. The Kier molecular flexibility index (Phi) is 6.84. The zero-order chi connectivity index (χ0) is 14.4. The topological polar surface area (TPSA) is 32.3 Å². The van der Waals surface area contributed by atoms with Crippen LogP contribution in [0.5, 0.6) is 0 Å². The van der Waals surface area contributed by atoms with Crippen LogP contribution in [0, 0.1) is 17.8 Å². The predicted octanol–water partition coefficient (Wildman–Crippen LogP) is 2.91. The SMILES string of the molecule is CCCNC1CCCN(CC(C(C)C)C(C)C)C1=O. The van der Waals surface area contributed by atoms with Crippen LogP contribution in [-0.4, -0.2) is 36.5 Å². The maximum absolute atomic E-state index is 12.5. The number of hydrogen-bond donors (Lipinski definition) is 1. The second kappa shape index (κ2) is 7.88. The Balaban J connectivity index is 2.59. The molecule has 0 aliphatic carbocycles. The highest BCUT2D eigenvalue weighted by Crippen LogP contribution is 2.24. The maximum Gasteiger partial charge on any atom is 0.239 e. The van der Waals surface area contributed by atoms with Gasteiger partial charge in [-0.25, -0.2) is 0 Å². The minimum atomic E-state index is 0.0636. The van der Waals surface area contributed by atoms with Crippen LogP contribution in [0.25, 0.3) is 0 Å². The minimum absolute atomic E-state index is 0.0636. The molecule has 0 spiro atoms. The van der Waals surface area contributed by atoms with E-state index >= 15 is 0 Å². The minimum Gasteiger partial charge on any atom is -0.341 e. The van der Waals surface area contributed by atoms with Crippen LogP contribution in [0.15, 0.2) is 0 Å². The first-order valence-electron chi connectivity index (χ1n) is 7.99. The molecule has 1 saturated heterocycles. The molecule has 3 heteroatoms. The third kappa shape index (κ3) is 4.79. The molecule has 1 unspecified atom stereocenters. The largest absolute Gasteiger partial charge is 0.341 e. The van der Waals surface area contributed by atoms with Gasteiger partial charge in [-0.1, -0.05) is 34.6 Å². The van der Waals surface area contributed by atoms with E-state index in [9.17, 15) is 4.79 Å². The van der Waals surface area contributed by atoms with Gasteiger partial charge in [-0.3, -0.25) is 4.79 Å². The van der Waals surface area contributed by atoms with Crippen molar-refractivity contribution in [1.29, 1.82) is 0 Å². The molecule has 1 atom stereocenters. The van der Waals surface area contributed by atoms with Gasteiger partial charge in [0.2, 0.25) is 5.91 Å². The molecule has 1 rings (SSSR count). The predicted molar refractivity (Wildman–Crippen MR) is 81.1 cm³/mol. The van der Waals surface area contributed by atoms with Crippen LogP contribution < -0.4 is 5.32 Å². The van der Waals surface area contributed by atoms with E-state index in [1.54, 1.807) is 0 Å². The lowest BCUT2D eigenvalue weighted by molar-refractivity contribution is -0.137. The monoisotopic (exact) mass is 268 g/mol. The Hall–Kier alpha value is -0.570. The van der Waals surface area contributed by atoms with Gasteiger partial charge in [0.05, 0.1) is 6.04 Å². The first-order valence-corrected chi connectivity index (χ1v) is 7.99. The van der Waals surface area contributed by atoms with E-state index in [0.29, 0.717) is 23.7 Å². The van der Waals surface area contributed by atoms with Gasteiger partial charge >= 0.3 is 0 Å². The second-order valence-electron chi connectivity index (χ2n) is 6.59. The lowest BCUT2D eigenvalue weighted by Gasteiger charge is -2.37. The molecular formula is C16H32N2O. The average molecular weight is 268 g/mol. The summed E-state index contributed by atoms with van der Waals surface area (Å²) in [5.41, 5.74) is 0. The summed E-state index contributed by atoms with van der Waals surface area (Å²) in [5.74, 6) is 2.20. The smallest absolute Gasteiger partial charge is 0.239 e. The molecule has 0 saturated carbocycles. The molecule has 1 aliphatic heterocycles. The quantitative estimate of drug-likeness (QED) is 0.770. The van der Waals surface area contributed by atoms with E-state index in [2.05, 4.69) is 44.8 Å². The fraction of sp³-hybridized carbons (Fsp3) is 0.938. The van der Waals surface area contributed by atoms with E-state index < -0.39 is 0 Å². The van der Waals surface area contributed by atoms with Gasteiger partial charge in [0.15, 0.2) is 0 Å². The van der Waals surface area contributed by atoms with Gasteiger partial charge in [0.1, 0.15) is 0 Å². The summed E-state index contributed by atoms with van der Waals surface area (Å²) in [5, 5.41) is 3.39. The number of piperidine rings is 1. The molecule has 1 amide bonds. The van der Waals surface area contributed by atoms with Gasteiger partial charge in [0, 0.05) is 13.1 Å². The first-order chi connectivity index (χ1) is 8.97. The molecule has 0 aromatic heterocycles. The van der Waals surface area contributed by atoms with Gasteiger partial charge in [0.25, 0.3) is 0 Å². The maximum atomic E-state index is 12.5. The van der Waals surface area contributed by atoms with Crippen molar-refractivity contribution in [3.05, 3.63) is 0 Å². The van der Waals surface area contributed by atoms with Crippen LogP contribution in [0.3, 0.4) is 0 Å². The lowest BCUT2D eigenvalue weighted by Crippen LogP contribution is -2.52. The van der Waals surface area contributed by atoms with Crippen LogP contribution in [0.2, 0.25) is 0 Å². The van der Waals surface area contributed by atoms with Crippen molar-refractivity contribution in [2.75, 3.05) is 19.6 Å². The molecule has 3 nitrogen and oxygen atoms in total. The summed E-state index contributed by atoms with van der Waals surface area (Å²) >= 11 is 0. The Morgan fingerprint density at radius 3 is 2.42 bits per heavy atom. The summed E-state index contributed by atoms with van der Waals surface area (Å²) in [7, 11) is 0. The number of nitrogens with one attached hydrogen (secondary N) is 1. The van der Waals surface area contributed by atoms with E-state index in [4.69, 9.17) is 0 Å². The lowest BCUT2D eigenvalue weighted by atomic mass is 9.84. The molecular weight excluding hydrogens is 236 g/mol. The highest BCUT2D eigenvalue weighted by Gasteiger charge is 2.31. The van der Waals surface area contributed by atoms with Crippen molar-refractivity contribution in [3.63, 3.8) is 0 Å².